The molecule has 0 saturated carbocycles. The van der Waals surface area contributed by atoms with Gasteiger partial charge >= 0.3 is 0 Å². The van der Waals surface area contributed by atoms with E-state index in [-0.39, 0.29) is 5.82 Å². The molecule has 15 heavy (non-hydrogen) atoms. The zero-order valence-electron chi connectivity index (χ0n) is 8.63. The molecule has 1 aromatic rings. The van der Waals surface area contributed by atoms with E-state index in [9.17, 15) is 4.39 Å². The first kappa shape index (κ1) is 10.9. The van der Waals surface area contributed by atoms with E-state index in [1.165, 1.54) is 0 Å². The zero-order valence-corrected chi connectivity index (χ0v) is 10.2. The van der Waals surface area contributed by atoms with Gasteiger partial charge in [0.25, 0.3) is 0 Å². The van der Waals surface area contributed by atoms with Crippen molar-refractivity contribution >= 4 is 21.6 Å². The van der Waals surface area contributed by atoms with Crippen LogP contribution in [0.3, 0.4) is 0 Å². The number of rotatable bonds is 1. The second kappa shape index (κ2) is 4.49. The Morgan fingerprint density at radius 1 is 1.53 bits per heavy atom. The lowest BCUT2D eigenvalue weighted by molar-refractivity contribution is 0.484. The van der Waals surface area contributed by atoms with Gasteiger partial charge in [0.2, 0.25) is 0 Å². The Hall–Kier alpha value is -0.610. The molecule has 1 N–H and O–H groups in total. The monoisotopic (exact) mass is 272 g/mol. The molecule has 0 amide bonds. The van der Waals surface area contributed by atoms with E-state index in [2.05, 4.69) is 33.1 Å². The number of hydrogen-bond acceptors (Lipinski definition) is 2. The quantitative estimate of drug-likeness (QED) is 0.845. The third-order valence-corrected chi connectivity index (χ3v) is 3.28. The van der Waals surface area contributed by atoms with Crippen molar-refractivity contribution in [3.63, 3.8) is 0 Å². The highest BCUT2D eigenvalue weighted by Gasteiger charge is 2.16. The zero-order chi connectivity index (χ0) is 10.8. The van der Waals surface area contributed by atoms with Gasteiger partial charge in [0.1, 0.15) is 5.82 Å². The Morgan fingerprint density at radius 2 is 2.33 bits per heavy atom. The summed E-state index contributed by atoms with van der Waals surface area (Å²) in [6.45, 7) is 4.96. The van der Waals surface area contributed by atoms with Gasteiger partial charge in [-0.1, -0.05) is 0 Å². The molecule has 0 bridgehead atoms. The van der Waals surface area contributed by atoms with Crippen LogP contribution in [0.2, 0.25) is 0 Å². The molecule has 1 heterocycles. The van der Waals surface area contributed by atoms with Crippen LogP contribution in [0.1, 0.15) is 6.92 Å². The second-order valence-corrected chi connectivity index (χ2v) is 4.75. The van der Waals surface area contributed by atoms with E-state index in [4.69, 9.17) is 0 Å². The summed E-state index contributed by atoms with van der Waals surface area (Å²) in [5, 5.41) is 3.36. The first-order chi connectivity index (χ1) is 7.16. The van der Waals surface area contributed by atoms with Gasteiger partial charge in [-0.2, -0.15) is 0 Å². The lowest BCUT2D eigenvalue weighted by Gasteiger charge is -2.33. The molecule has 1 aromatic carbocycles. The lowest BCUT2D eigenvalue weighted by Crippen LogP contribution is -2.49. The van der Waals surface area contributed by atoms with Gasteiger partial charge in [0.15, 0.2) is 0 Å². The van der Waals surface area contributed by atoms with Gasteiger partial charge in [-0.15, -0.1) is 0 Å². The van der Waals surface area contributed by atoms with Crippen LogP contribution in [0, 0.1) is 5.82 Å². The standard InChI is InChI=1S/C11H14BrFN2/c1-8-7-15(5-4-14-8)9-2-3-10(12)11(13)6-9/h2-3,6,8,14H,4-5,7H2,1H3. The van der Waals surface area contributed by atoms with Crippen molar-refractivity contribution in [1.82, 2.24) is 5.32 Å². The average molecular weight is 273 g/mol. The SMILES string of the molecule is CC1CN(c2ccc(Br)c(F)c2)CCN1. The fourth-order valence-corrected chi connectivity index (χ4v) is 2.10. The summed E-state index contributed by atoms with van der Waals surface area (Å²) in [6.07, 6.45) is 0. The highest BCUT2D eigenvalue weighted by Crippen LogP contribution is 2.22. The summed E-state index contributed by atoms with van der Waals surface area (Å²) in [4.78, 5) is 2.21. The number of anilines is 1. The van der Waals surface area contributed by atoms with Gasteiger partial charge in [-0.25, -0.2) is 4.39 Å². The number of benzene rings is 1. The molecule has 1 aliphatic heterocycles. The highest BCUT2D eigenvalue weighted by atomic mass is 79.9. The molecule has 2 nitrogen and oxygen atoms in total. The molecule has 82 valence electrons. The summed E-state index contributed by atoms with van der Waals surface area (Å²) in [5.41, 5.74) is 0.962. The third-order valence-electron chi connectivity index (χ3n) is 2.64. The van der Waals surface area contributed by atoms with Crippen LogP contribution in [-0.2, 0) is 0 Å². The normalized spacial score (nSPS) is 21.8. The first-order valence-electron chi connectivity index (χ1n) is 5.10. The Bertz CT molecular complexity index is 356. The largest absolute Gasteiger partial charge is 0.369 e. The minimum absolute atomic E-state index is 0.196. The van der Waals surface area contributed by atoms with E-state index in [1.807, 2.05) is 6.07 Å². The number of piperazine rings is 1. The Labute approximate surface area is 97.6 Å². The van der Waals surface area contributed by atoms with Crippen LogP contribution in [0.5, 0.6) is 0 Å². The molecule has 0 aliphatic carbocycles. The van der Waals surface area contributed by atoms with Crippen LogP contribution in [0.4, 0.5) is 10.1 Å². The molecule has 1 fully saturated rings. The molecule has 0 spiro atoms. The molecule has 1 atom stereocenters. The van der Waals surface area contributed by atoms with Crippen LogP contribution in [0.15, 0.2) is 22.7 Å². The topological polar surface area (TPSA) is 15.3 Å². The van der Waals surface area contributed by atoms with Crippen molar-refractivity contribution in [2.24, 2.45) is 0 Å². The van der Waals surface area contributed by atoms with Crippen molar-refractivity contribution in [3.8, 4) is 0 Å². The maximum Gasteiger partial charge on any atom is 0.139 e. The van der Waals surface area contributed by atoms with Gasteiger partial charge in [0, 0.05) is 31.4 Å². The Balaban J connectivity index is 2.18. The van der Waals surface area contributed by atoms with E-state index in [0.717, 1.165) is 25.3 Å². The van der Waals surface area contributed by atoms with Crippen molar-refractivity contribution in [1.29, 1.82) is 0 Å². The van der Waals surface area contributed by atoms with Gasteiger partial charge < -0.3 is 10.2 Å². The average Bonchev–Trinajstić information content (AvgIpc) is 2.22. The summed E-state index contributed by atoms with van der Waals surface area (Å²) in [6, 6.07) is 5.76. The Kier molecular flexibility index (Phi) is 3.26. The van der Waals surface area contributed by atoms with E-state index >= 15 is 0 Å². The fourth-order valence-electron chi connectivity index (χ4n) is 1.85. The maximum absolute atomic E-state index is 13.3. The molecule has 1 aliphatic rings. The molecule has 0 radical (unpaired) electrons. The van der Waals surface area contributed by atoms with Crippen molar-refractivity contribution in [3.05, 3.63) is 28.5 Å². The summed E-state index contributed by atoms with van der Waals surface area (Å²) >= 11 is 3.16. The van der Waals surface area contributed by atoms with Crippen LogP contribution in [-0.4, -0.2) is 25.7 Å². The number of nitrogens with one attached hydrogen (secondary N) is 1. The number of nitrogens with zero attached hydrogens (tertiary/aromatic N) is 1. The second-order valence-electron chi connectivity index (χ2n) is 3.90. The van der Waals surface area contributed by atoms with E-state index in [0.29, 0.717) is 10.5 Å². The van der Waals surface area contributed by atoms with Crippen LogP contribution in [0.25, 0.3) is 0 Å². The molecular weight excluding hydrogens is 259 g/mol. The molecule has 1 unspecified atom stereocenters. The number of hydrogen-bond donors (Lipinski definition) is 1. The molecule has 1 saturated heterocycles. The number of halogens is 2. The highest BCUT2D eigenvalue weighted by molar-refractivity contribution is 9.10. The summed E-state index contributed by atoms with van der Waals surface area (Å²) in [7, 11) is 0. The predicted octanol–water partition coefficient (Wildman–Crippen LogP) is 2.39. The van der Waals surface area contributed by atoms with Gasteiger partial charge in [-0.3, -0.25) is 0 Å². The fraction of sp³-hybridized carbons (Fsp3) is 0.455. The van der Waals surface area contributed by atoms with E-state index in [1.54, 1.807) is 12.1 Å². The smallest absolute Gasteiger partial charge is 0.139 e. The van der Waals surface area contributed by atoms with Crippen LogP contribution >= 0.6 is 15.9 Å². The minimum Gasteiger partial charge on any atom is -0.369 e. The third kappa shape index (κ3) is 2.49. The minimum atomic E-state index is -0.196. The van der Waals surface area contributed by atoms with Crippen LogP contribution < -0.4 is 10.2 Å². The van der Waals surface area contributed by atoms with Gasteiger partial charge in [0.05, 0.1) is 4.47 Å². The molecule has 4 heteroatoms. The predicted molar refractivity (Wildman–Crippen MR) is 63.8 cm³/mol. The molecular formula is C11H14BrFN2. The maximum atomic E-state index is 13.3. The summed E-state index contributed by atoms with van der Waals surface area (Å²) < 4.78 is 13.9. The molecule has 0 aromatic heterocycles. The lowest BCUT2D eigenvalue weighted by atomic mass is 10.2. The molecule has 2 rings (SSSR count). The van der Waals surface area contributed by atoms with E-state index < -0.39 is 0 Å². The summed E-state index contributed by atoms with van der Waals surface area (Å²) in [5.74, 6) is -0.196. The van der Waals surface area contributed by atoms with Crippen molar-refractivity contribution < 1.29 is 4.39 Å². The van der Waals surface area contributed by atoms with Gasteiger partial charge in [-0.05, 0) is 41.1 Å². The van der Waals surface area contributed by atoms with Crippen molar-refractivity contribution in [2.75, 3.05) is 24.5 Å². The first-order valence-corrected chi connectivity index (χ1v) is 5.89. The van der Waals surface area contributed by atoms with Crippen molar-refractivity contribution in [2.45, 2.75) is 13.0 Å². The Morgan fingerprint density at radius 3 is 3.00 bits per heavy atom.